The van der Waals surface area contributed by atoms with E-state index in [1.165, 1.54) is 29.9 Å². The zero-order valence-electron chi connectivity index (χ0n) is 23.6. The number of ether oxygens (including phenoxy) is 1. The lowest BCUT2D eigenvalue weighted by Crippen LogP contribution is -2.34. The first-order valence-electron chi connectivity index (χ1n) is 13.5. The summed E-state index contributed by atoms with van der Waals surface area (Å²) >= 11 is 0. The van der Waals surface area contributed by atoms with E-state index in [9.17, 15) is 26.4 Å². The van der Waals surface area contributed by atoms with Gasteiger partial charge in [0.15, 0.2) is 0 Å². The molecule has 13 heteroatoms. The number of nitrogens with one attached hydrogen (secondary N) is 4. The van der Waals surface area contributed by atoms with Crippen LogP contribution in [0.4, 0.5) is 24.5 Å². The molecular weight excluding hydrogens is 571 g/mol. The highest BCUT2D eigenvalue weighted by molar-refractivity contribution is 7.90. The third-order valence-electron chi connectivity index (χ3n) is 7.12. The van der Waals surface area contributed by atoms with Gasteiger partial charge >= 0.3 is 6.18 Å². The number of nitrogens with zero attached hydrogens (tertiary/aromatic N) is 1. The molecular formula is C29H34F3N5O4S. The minimum Gasteiger partial charge on any atom is -0.495 e. The molecule has 9 nitrogen and oxygen atoms in total. The molecule has 0 bridgehead atoms. The first-order valence-corrected chi connectivity index (χ1v) is 15.0. The number of methoxy groups -OCH3 is 1. The van der Waals surface area contributed by atoms with Crippen LogP contribution in [0.25, 0.3) is 10.9 Å². The molecule has 0 saturated heterocycles. The molecule has 0 aliphatic heterocycles. The molecule has 1 saturated carbocycles. The largest absolute Gasteiger partial charge is 0.495 e. The van der Waals surface area contributed by atoms with Crippen LogP contribution >= 0.6 is 0 Å². The lowest BCUT2D eigenvalue weighted by atomic mass is 9.91. The first kappa shape index (κ1) is 31.1. The summed E-state index contributed by atoms with van der Waals surface area (Å²) in [6.07, 6.45) is -0.453. The van der Waals surface area contributed by atoms with Crippen LogP contribution < -0.4 is 25.4 Å². The second-order valence-corrected chi connectivity index (χ2v) is 11.8. The van der Waals surface area contributed by atoms with E-state index < -0.39 is 28.7 Å². The third kappa shape index (κ3) is 7.68. The van der Waals surface area contributed by atoms with Crippen molar-refractivity contribution in [3.05, 3.63) is 48.2 Å². The maximum Gasteiger partial charge on any atom is 0.406 e. The summed E-state index contributed by atoms with van der Waals surface area (Å²) in [4.78, 5) is 11.0. The summed E-state index contributed by atoms with van der Waals surface area (Å²) < 4.78 is 73.6. The van der Waals surface area contributed by atoms with Crippen molar-refractivity contribution in [1.29, 1.82) is 0 Å². The van der Waals surface area contributed by atoms with Gasteiger partial charge in [-0.3, -0.25) is 4.79 Å². The van der Waals surface area contributed by atoms with Crippen LogP contribution in [0, 0.1) is 11.8 Å². The normalized spacial score (nSPS) is 17.3. The molecule has 1 heterocycles. The van der Waals surface area contributed by atoms with Crippen molar-refractivity contribution in [1.82, 2.24) is 14.6 Å². The van der Waals surface area contributed by atoms with Gasteiger partial charge in [0.25, 0.3) is 10.0 Å². The Kier molecular flexibility index (Phi) is 9.58. The summed E-state index contributed by atoms with van der Waals surface area (Å²) in [6, 6.07) is 11.7. The Morgan fingerprint density at radius 1 is 1.07 bits per heavy atom. The molecule has 42 heavy (non-hydrogen) atoms. The van der Waals surface area contributed by atoms with Gasteiger partial charge < -0.3 is 25.3 Å². The smallest absolute Gasteiger partial charge is 0.406 e. The van der Waals surface area contributed by atoms with Gasteiger partial charge in [0.1, 0.15) is 12.3 Å². The maximum absolute atomic E-state index is 13.6. The highest BCUT2D eigenvalue weighted by Crippen LogP contribution is 2.32. The van der Waals surface area contributed by atoms with Crippen LogP contribution in [0.3, 0.4) is 0 Å². The Balaban J connectivity index is 1.56. The molecule has 0 spiro atoms. The fraction of sp³-hybridized carbons (Fsp3) is 0.414. The monoisotopic (exact) mass is 605 g/mol. The number of benzene rings is 2. The fourth-order valence-corrected chi connectivity index (χ4v) is 6.12. The SMILES string of the molecule is CN[C@H]1CC[C@H](Nc2cccc3c2cc(C#CCNc2ccc(S(=O)(=O)NC(C)=O)cc2OC)n3CC(F)(F)F)CC1. The summed E-state index contributed by atoms with van der Waals surface area (Å²) in [5, 5.41) is 10.5. The molecule has 3 aromatic rings. The first-order chi connectivity index (χ1) is 19.9. The summed E-state index contributed by atoms with van der Waals surface area (Å²) in [5.74, 6) is 5.19. The number of alkyl halides is 3. The second-order valence-electron chi connectivity index (χ2n) is 10.1. The molecule has 1 aliphatic carbocycles. The zero-order chi connectivity index (χ0) is 30.5. The van der Waals surface area contributed by atoms with Crippen LogP contribution in [0.15, 0.2) is 47.4 Å². The van der Waals surface area contributed by atoms with Crippen LogP contribution in [-0.2, 0) is 21.4 Å². The Bertz CT molecular complexity index is 1600. The number of anilines is 2. The fourth-order valence-electron chi connectivity index (χ4n) is 5.12. The molecule has 0 atom stereocenters. The summed E-state index contributed by atoms with van der Waals surface area (Å²) in [6.45, 7) is -0.0464. The molecule has 2 aromatic carbocycles. The van der Waals surface area contributed by atoms with Crippen molar-refractivity contribution in [2.24, 2.45) is 0 Å². The molecule has 1 aliphatic rings. The molecule has 4 rings (SSSR count). The predicted octanol–water partition coefficient (Wildman–Crippen LogP) is 4.44. The van der Waals surface area contributed by atoms with Crippen LogP contribution in [0.5, 0.6) is 5.75 Å². The molecule has 1 amide bonds. The molecule has 1 aromatic heterocycles. The number of amides is 1. The Morgan fingerprint density at radius 3 is 2.43 bits per heavy atom. The number of halogens is 3. The van der Waals surface area contributed by atoms with Crippen LogP contribution in [0.1, 0.15) is 38.3 Å². The number of hydrogen-bond donors (Lipinski definition) is 4. The van der Waals surface area contributed by atoms with Crippen molar-refractivity contribution in [2.45, 2.75) is 62.3 Å². The molecule has 226 valence electrons. The van der Waals surface area contributed by atoms with Gasteiger partial charge in [0.05, 0.1) is 35.4 Å². The van der Waals surface area contributed by atoms with E-state index in [-0.39, 0.29) is 28.9 Å². The van der Waals surface area contributed by atoms with E-state index in [2.05, 4.69) is 27.8 Å². The quantitative estimate of drug-likeness (QED) is 0.267. The topological polar surface area (TPSA) is 113 Å². The number of carbonyl (C=O) groups is 1. The zero-order valence-corrected chi connectivity index (χ0v) is 24.4. The average molecular weight is 606 g/mol. The Hall–Kier alpha value is -3.89. The van der Waals surface area contributed by atoms with Crippen molar-refractivity contribution < 1.29 is 31.1 Å². The summed E-state index contributed by atoms with van der Waals surface area (Å²) in [5.41, 5.74) is 1.86. The van der Waals surface area contributed by atoms with Crippen LogP contribution in [0.2, 0.25) is 0 Å². The molecule has 1 fully saturated rings. The number of hydrogen-bond acceptors (Lipinski definition) is 7. The molecule has 0 unspecified atom stereocenters. The van der Waals surface area contributed by atoms with E-state index in [4.69, 9.17) is 4.74 Å². The average Bonchev–Trinajstić information content (AvgIpc) is 3.27. The van der Waals surface area contributed by atoms with Crippen LogP contribution in [-0.4, -0.2) is 57.9 Å². The standard InChI is InChI=1S/C29H34F3N5O4S/c1-19(38)36-42(39,40)23-13-14-26(28(17-23)41-3)34-15-5-6-22-16-24-25(35-21-11-9-20(33-2)10-12-21)7-4-8-27(24)37(22)18-29(30,31)32/h4,7-8,13-14,16-17,20-21,33-35H,9-12,15,18H2,1-3H3,(H,36,38)/t20-,21-. The van der Waals surface area contributed by atoms with E-state index in [0.29, 0.717) is 22.6 Å². The number of sulfonamides is 1. The van der Waals surface area contributed by atoms with Gasteiger partial charge in [-0.15, -0.1) is 0 Å². The number of carbonyl (C=O) groups excluding carboxylic acids is 1. The summed E-state index contributed by atoms with van der Waals surface area (Å²) in [7, 11) is -0.748. The van der Waals surface area contributed by atoms with Gasteiger partial charge in [-0.05, 0) is 69.0 Å². The molecule has 4 N–H and O–H groups in total. The molecule has 0 radical (unpaired) electrons. The Morgan fingerprint density at radius 2 is 1.79 bits per heavy atom. The number of rotatable bonds is 9. The van der Waals surface area contributed by atoms with Crippen molar-refractivity contribution >= 4 is 38.2 Å². The minimum absolute atomic E-state index is 0.0432. The highest BCUT2D eigenvalue weighted by atomic mass is 32.2. The maximum atomic E-state index is 13.6. The van der Waals surface area contributed by atoms with Gasteiger partial charge in [-0.25, -0.2) is 13.1 Å². The minimum atomic E-state index is -4.44. The van der Waals surface area contributed by atoms with Crippen molar-refractivity contribution in [3.63, 3.8) is 0 Å². The van der Waals surface area contributed by atoms with E-state index in [1.807, 2.05) is 17.8 Å². The number of fused-ring (bicyclic) bond motifs is 1. The lowest BCUT2D eigenvalue weighted by Gasteiger charge is -2.29. The number of aromatic nitrogens is 1. The second kappa shape index (κ2) is 13.0. The van der Waals surface area contributed by atoms with Gasteiger partial charge in [-0.2, -0.15) is 13.2 Å². The van der Waals surface area contributed by atoms with Gasteiger partial charge in [-0.1, -0.05) is 12.0 Å². The van der Waals surface area contributed by atoms with E-state index >= 15 is 0 Å². The highest BCUT2D eigenvalue weighted by Gasteiger charge is 2.30. The van der Waals surface area contributed by atoms with Gasteiger partial charge in [0, 0.05) is 36.1 Å². The van der Waals surface area contributed by atoms with E-state index in [0.717, 1.165) is 38.3 Å². The van der Waals surface area contributed by atoms with E-state index in [1.54, 1.807) is 18.2 Å². The van der Waals surface area contributed by atoms with Crippen molar-refractivity contribution in [3.8, 4) is 17.6 Å². The third-order valence-corrected chi connectivity index (χ3v) is 8.55. The Labute approximate surface area is 243 Å². The predicted molar refractivity (Wildman–Crippen MR) is 156 cm³/mol. The van der Waals surface area contributed by atoms with Crippen molar-refractivity contribution in [2.75, 3.05) is 31.3 Å². The lowest BCUT2D eigenvalue weighted by molar-refractivity contribution is -0.140. The van der Waals surface area contributed by atoms with Gasteiger partial charge in [0.2, 0.25) is 5.91 Å².